The van der Waals surface area contributed by atoms with Crippen LogP contribution in [0.2, 0.25) is 0 Å². The fraction of sp³-hybridized carbons (Fsp3) is 0.533. The van der Waals surface area contributed by atoms with Gasteiger partial charge in [-0.15, -0.1) is 0 Å². The summed E-state index contributed by atoms with van der Waals surface area (Å²) in [7, 11) is 1.13. The molecular formula is C15H20BN2O2. The van der Waals surface area contributed by atoms with Crippen molar-refractivity contribution in [3.63, 3.8) is 0 Å². The number of hydrogen-bond donors (Lipinski definition) is 2. The monoisotopic (exact) mass is 271 g/mol. The van der Waals surface area contributed by atoms with Crippen LogP contribution in [0.5, 0.6) is 0 Å². The smallest absolute Gasteiger partial charge is 0.312 e. The highest BCUT2D eigenvalue weighted by Gasteiger charge is 2.37. The molecule has 3 N–H and O–H groups in total. The lowest BCUT2D eigenvalue weighted by Crippen LogP contribution is -2.51. The lowest BCUT2D eigenvalue weighted by atomic mass is 9.85. The summed E-state index contributed by atoms with van der Waals surface area (Å²) in [4.78, 5) is 14.3. The van der Waals surface area contributed by atoms with Crippen LogP contribution in [0.4, 0.5) is 0 Å². The van der Waals surface area contributed by atoms with Gasteiger partial charge in [-0.2, -0.15) is 0 Å². The Morgan fingerprint density at radius 2 is 2.00 bits per heavy atom. The molecule has 2 atom stereocenters. The second kappa shape index (κ2) is 5.58. The molecule has 0 bridgehead atoms. The summed E-state index contributed by atoms with van der Waals surface area (Å²) in [5.74, 6) is 0.00720. The van der Waals surface area contributed by atoms with Gasteiger partial charge >= 0.3 is 7.48 Å². The summed E-state index contributed by atoms with van der Waals surface area (Å²) in [6.45, 7) is 0.702. The molecule has 1 aliphatic heterocycles. The van der Waals surface area contributed by atoms with Crippen molar-refractivity contribution < 1.29 is 9.82 Å². The number of carbonyl (C=O) groups is 1. The van der Waals surface area contributed by atoms with Crippen molar-refractivity contribution in [3.05, 3.63) is 35.4 Å². The van der Waals surface area contributed by atoms with E-state index in [4.69, 9.17) is 5.73 Å². The van der Waals surface area contributed by atoms with Gasteiger partial charge in [-0.05, 0) is 42.7 Å². The van der Waals surface area contributed by atoms with Gasteiger partial charge < -0.3 is 15.7 Å². The molecule has 1 unspecified atom stereocenters. The predicted molar refractivity (Wildman–Crippen MR) is 78.0 cm³/mol. The molecule has 0 aromatic heterocycles. The number of likely N-dealkylation sites (tertiary alicyclic amines) is 1. The zero-order valence-corrected chi connectivity index (χ0v) is 11.5. The molecule has 1 saturated heterocycles. The molecule has 5 heteroatoms. The molecule has 105 valence electrons. The van der Waals surface area contributed by atoms with Gasteiger partial charge in [0.05, 0.1) is 6.04 Å². The van der Waals surface area contributed by atoms with Crippen molar-refractivity contribution in [2.45, 2.75) is 37.7 Å². The summed E-state index contributed by atoms with van der Waals surface area (Å²) >= 11 is 0. The maximum absolute atomic E-state index is 12.5. The van der Waals surface area contributed by atoms with Gasteiger partial charge in [-0.3, -0.25) is 4.79 Å². The minimum absolute atomic E-state index is 0.0180. The van der Waals surface area contributed by atoms with Gasteiger partial charge in [0.1, 0.15) is 0 Å². The van der Waals surface area contributed by atoms with E-state index < -0.39 is 6.04 Å². The van der Waals surface area contributed by atoms with Crippen LogP contribution in [0.15, 0.2) is 24.3 Å². The molecule has 3 rings (SSSR count). The molecule has 1 radical (unpaired) electrons. The highest BCUT2D eigenvalue weighted by Crippen LogP contribution is 2.29. The molecule has 1 amide bonds. The van der Waals surface area contributed by atoms with Crippen molar-refractivity contribution in [1.82, 2.24) is 4.90 Å². The Morgan fingerprint density at radius 1 is 1.35 bits per heavy atom. The average molecular weight is 271 g/mol. The fourth-order valence-corrected chi connectivity index (χ4v) is 3.46. The van der Waals surface area contributed by atoms with Crippen LogP contribution in [0.25, 0.3) is 0 Å². The van der Waals surface area contributed by atoms with Crippen molar-refractivity contribution in [3.8, 4) is 0 Å². The normalized spacial score (nSPS) is 23.7. The number of nitrogens with zero attached hydrogens (tertiary/aromatic N) is 1. The zero-order valence-electron chi connectivity index (χ0n) is 11.5. The number of carbonyl (C=O) groups excluding carboxylic acids is 1. The topological polar surface area (TPSA) is 66.6 Å². The van der Waals surface area contributed by atoms with Gasteiger partial charge in [0.25, 0.3) is 0 Å². The average Bonchev–Trinajstić information content (AvgIpc) is 3.11. The Morgan fingerprint density at radius 3 is 2.60 bits per heavy atom. The Kier molecular flexibility index (Phi) is 3.81. The van der Waals surface area contributed by atoms with Gasteiger partial charge in [0.15, 0.2) is 0 Å². The van der Waals surface area contributed by atoms with Crippen LogP contribution in [0.1, 0.15) is 24.0 Å². The largest absolute Gasteiger partial charge is 0.452 e. The van der Waals surface area contributed by atoms with Crippen LogP contribution < -0.4 is 5.73 Å². The molecule has 1 aliphatic carbocycles. The number of benzene rings is 1. The first-order valence-corrected chi connectivity index (χ1v) is 7.31. The molecule has 1 heterocycles. The fourth-order valence-electron chi connectivity index (χ4n) is 3.46. The van der Waals surface area contributed by atoms with Crippen LogP contribution in [0.3, 0.4) is 0 Å². The summed E-state index contributed by atoms with van der Waals surface area (Å²) in [5.41, 5.74) is 8.84. The molecule has 0 saturated carbocycles. The molecule has 1 aromatic carbocycles. The van der Waals surface area contributed by atoms with E-state index >= 15 is 0 Å². The van der Waals surface area contributed by atoms with Crippen molar-refractivity contribution >= 4 is 13.4 Å². The van der Waals surface area contributed by atoms with E-state index in [-0.39, 0.29) is 17.8 Å². The van der Waals surface area contributed by atoms with Crippen LogP contribution in [0, 0.1) is 5.92 Å². The Hall–Kier alpha value is -1.33. The van der Waals surface area contributed by atoms with Crippen molar-refractivity contribution in [2.75, 3.05) is 6.54 Å². The number of hydrogen-bond acceptors (Lipinski definition) is 3. The summed E-state index contributed by atoms with van der Waals surface area (Å²) in [5, 5.41) is 9.21. The van der Waals surface area contributed by atoms with Gasteiger partial charge in [0.2, 0.25) is 5.91 Å². The number of nitrogens with two attached hydrogens (primary N) is 1. The first-order valence-electron chi connectivity index (χ1n) is 7.31. The first kappa shape index (κ1) is 13.6. The Labute approximate surface area is 120 Å². The molecule has 1 fully saturated rings. The van der Waals surface area contributed by atoms with Crippen molar-refractivity contribution in [1.29, 1.82) is 0 Å². The molecule has 1 aromatic rings. The minimum atomic E-state index is -0.469. The Bertz CT molecular complexity index is 483. The lowest BCUT2D eigenvalue weighted by molar-refractivity contribution is -0.133. The molecular weight excluding hydrogens is 251 g/mol. The lowest BCUT2D eigenvalue weighted by Gasteiger charge is -2.28. The van der Waals surface area contributed by atoms with Gasteiger partial charge in [-0.1, -0.05) is 24.3 Å². The summed E-state index contributed by atoms with van der Waals surface area (Å²) in [6.07, 6.45) is 3.53. The second-order valence-corrected chi connectivity index (χ2v) is 5.85. The third kappa shape index (κ3) is 2.36. The maximum Gasteiger partial charge on any atom is 0.312 e. The second-order valence-electron chi connectivity index (χ2n) is 5.85. The third-order valence-corrected chi connectivity index (χ3v) is 4.63. The predicted octanol–water partition coefficient (Wildman–Crippen LogP) is 0.289. The van der Waals surface area contributed by atoms with E-state index in [9.17, 15) is 9.82 Å². The quantitative estimate of drug-likeness (QED) is 0.776. The van der Waals surface area contributed by atoms with Crippen molar-refractivity contribution in [2.24, 2.45) is 11.7 Å². The highest BCUT2D eigenvalue weighted by atomic mass is 16.2. The Balaban J connectivity index is 1.68. The number of rotatable bonds is 3. The van der Waals surface area contributed by atoms with E-state index in [1.165, 1.54) is 11.1 Å². The molecule has 2 aliphatic rings. The molecule has 0 spiro atoms. The summed E-state index contributed by atoms with van der Waals surface area (Å²) in [6, 6.07) is 7.83. The van der Waals surface area contributed by atoms with E-state index in [0.717, 1.165) is 33.2 Å². The molecule has 20 heavy (non-hydrogen) atoms. The highest BCUT2D eigenvalue weighted by molar-refractivity contribution is 6.28. The SMILES string of the molecule is NC(C(=O)N1CCC[C@H]1[B]O)C1Cc2ccccc2C1. The first-order chi connectivity index (χ1) is 9.70. The third-order valence-electron chi connectivity index (χ3n) is 4.63. The van der Waals surface area contributed by atoms with E-state index in [0.29, 0.717) is 6.54 Å². The summed E-state index contributed by atoms with van der Waals surface area (Å²) < 4.78 is 0. The molecule has 4 nitrogen and oxygen atoms in total. The standard InChI is InChI=1S/C15H20BN2O2/c17-14(15(19)18-7-3-6-13(18)16-20)12-8-10-4-1-2-5-11(10)9-12/h1-2,4-5,12-14,20H,3,6-9,17H2/t13-,14?/m0/s1. The van der Waals surface area contributed by atoms with Crippen LogP contribution in [-0.4, -0.2) is 41.8 Å². The van der Waals surface area contributed by atoms with Gasteiger partial charge in [-0.25, -0.2) is 0 Å². The van der Waals surface area contributed by atoms with Gasteiger partial charge in [0, 0.05) is 12.5 Å². The van der Waals surface area contributed by atoms with Crippen LogP contribution in [-0.2, 0) is 17.6 Å². The number of amides is 1. The minimum Gasteiger partial charge on any atom is -0.452 e. The maximum atomic E-state index is 12.5. The number of fused-ring (bicyclic) bond motifs is 1. The van der Waals surface area contributed by atoms with E-state index in [2.05, 4.69) is 12.1 Å². The van der Waals surface area contributed by atoms with E-state index in [1.807, 2.05) is 12.1 Å². The van der Waals surface area contributed by atoms with Crippen LogP contribution >= 0.6 is 0 Å². The zero-order chi connectivity index (χ0) is 14.1. The van der Waals surface area contributed by atoms with E-state index in [1.54, 1.807) is 4.90 Å².